The molecule has 1 amide bonds. The van der Waals surface area contributed by atoms with Crippen LogP contribution in [0, 0.1) is 16.0 Å². The lowest BCUT2D eigenvalue weighted by atomic mass is 9.93. The van der Waals surface area contributed by atoms with Crippen LogP contribution in [0.3, 0.4) is 0 Å². The molecule has 90 valence electrons. The molecule has 2 rings (SSSR count). The van der Waals surface area contributed by atoms with Crippen LogP contribution < -0.4 is 0 Å². The van der Waals surface area contributed by atoms with Gasteiger partial charge in [-0.25, -0.2) is 14.9 Å². The van der Waals surface area contributed by atoms with Crippen LogP contribution in [-0.4, -0.2) is 28.3 Å². The molecular weight excluding hydrogens is 212 g/mol. The summed E-state index contributed by atoms with van der Waals surface area (Å²) in [5.74, 6) is 0.553. The van der Waals surface area contributed by atoms with Crippen LogP contribution in [0.15, 0.2) is 0 Å². The van der Waals surface area contributed by atoms with E-state index in [1.807, 2.05) is 0 Å². The van der Waals surface area contributed by atoms with Crippen molar-refractivity contribution < 1.29 is 14.6 Å². The van der Waals surface area contributed by atoms with Gasteiger partial charge in [-0.3, -0.25) is 0 Å². The highest BCUT2D eigenvalue weighted by molar-refractivity contribution is 5.67. The summed E-state index contributed by atoms with van der Waals surface area (Å²) in [6.45, 7) is 1.82. The van der Waals surface area contributed by atoms with E-state index in [1.165, 1.54) is 0 Å². The molecule has 0 aromatic rings. The maximum atomic E-state index is 11.6. The molecule has 0 saturated heterocycles. The minimum atomic E-state index is -0.810. The lowest BCUT2D eigenvalue weighted by Gasteiger charge is -2.29. The van der Waals surface area contributed by atoms with Gasteiger partial charge in [0.2, 0.25) is 0 Å². The van der Waals surface area contributed by atoms with Crippen molar-refractivity contribution in [1.82, 2.24) is 5.01 Å². The van der Waals surface area contributed by atoms with Crippen LogP contribution in [0.25, 0.3) is 0 Å². The van der Waals surface area contributed by atoms with Crippen molar-refractivity contribution in [3.63, 3.8) is 0 Å². The van der Waals surface area contributed by atoms with E-state index in [9.17, 15) is 14.9 Å². The minimum absolute atomic E-state index is 0.169. The lowest BCUT2D eigenvalue weighted by Crippen LogP contribution is -2.52. The molecule has 2 aliphatic carbocycles. The predicted molar refractivity (Wildman–Crippen MR) is 55.2 cm³/mol. The maximum absolute atomic E-state index is 11.6. The van der Waals surface area contributed by atoms with Crippen molar-refractivity contribution in [2.75, 3.05) is 6.61 Å². The summed E-state index contributed by atoms with van der Waals surface area (Å²) < 4.78 is 4.77. The summed E-state index contributed by atoms with van der Waals surface area (Å²) in [7, 11) is 0. The SMILES string of the molecule is CCOC(=O)N([N+](=O)[O-])C12CCC(CC1)C2. The van der Waals surface area contributed by atoms with Gasteiger partial charge in [-0.2, -0.15) is 0 Å². The highest BCUT2D eigenvalue weighted by atomic mass is 16.7. The molecule has 2 bridgehead atoms. The number of nitro groups is 1. The fourth-order valence-electron chi connectivity index (χ4n) is 3.08. The number of amides is 1. The molecule has 0 aromatic heterocycles. The third-order valence-electron chi connectivity index (χ3n) is 3.76. The van der Waals surface area contributed by atoms with Crippen molar-refractivity contribution in [2.45, 2.75) is 44.6 Å². The van der Waals surface area contributed by atoms with Gasteiger partial charge in [0, 0.05) is 0 Å². The first-order valence-electron chi connectivity index (χ1n) is 5.70. The van der Waals surface area contributed by atoms with Gasteiger partial charge in [-0.15, -0.1) is 0 Å². The predicted octanol–water partition coefficient (Wildman–Crippen LogP) is 1.97. The molecule has 16 heavy (non-hydrogen) atoms. The second-order valence-electron chi connectivity index (χ2n) is 4.62. The summed E-state index contributed by atoms with van der Waals surface area (Å²) in [5.41, 5.74) is -0.569. The Labute approximate surface area is 93.7 Å². The van der Waals surface area contributed by atoms with Gasteiger partial charge in [-0.1, -0.05) is 0 Å². The largest absolute Gasteiger partial charge is 0.468 e. The van der Waals surface area contributed by atoms with E-state index >= 15 is 0 Å². The van der Waals surface area contributed by atoms with Crippen LogP contribution in [0.4, 0.5) is 4.79 Å². The average Bonchev–Trinajstić information content (AvgIpc) is 2.77. The smallest absolute Gasteiger partial charge is 0.446 e. The molecule has 0 heterocycles. The van der Waals surface area contributed by atoms with Gasteiger partial charge in [0.25, 0.3) is 0 Å². The Bertz CT molecular complexity index is 310. The number of carbonyl (C=O) groups is 1. The van der Waals surface area contributed by atoms with Gasteiger partial charge in [0.15, 0.2) is 5.03 Å². The van der Waals surface area contributed by atoms with E-state index < -0.39 is 16.7 Å². The van der Waals surface area contributed by atoms with Crippen LogP contribution >= 0.6 is 0 Å². The van der Waals surface area contributed by atoms with Gasteiger partial charge < -0.3 is 4.74 Å². The average molecular weight is 228 g/mol. The van der Waals surface area contributed by atoms with Crippen molar-refractivity contribution in [3.8, 4) is 0 Å². The molecule has 6 heteroatoms. The molecule has 0 spiro atoms. The second kappa shape index (κ2) is 3.92. The normalized spacial score (nSPS) is 31.4. The fourth-order valence-corrected chi connectivity index (χ4v) is 3.08. The first-order chi connectivity index (χ1) is 7.59. The quantitative estimate of drug-likeness (QED) is 0.546. The summed E-state index contributed by atoms with van der Waals surface area (Å²) in [6, 6.07) is 0. The van der Waals surface area contributed by atoms with Crippen molar-refractivity contribution in [2.24, 2.45) is 5.92 Å². The number of nitrogens with zero attached hydrogens (tertiary/aromatic N) is 2. The molecule has 0 radical (unpaired) electrons. The summed E-state index contributed by atoms with van der Waals surface area (Å²) >= 11 is 0. The zero-order valence-corrected chi connectivity index (χ0v) is 9.35. The number of hydrogen-bond acceptors (Lipinski definition) is 4. The zero-order chi connectivity index (χ0) is 11.8. The van der Waals surface area contributed by atoms with E-state index in [4.69, 9.17) is 4.74 Å². The van der Waals surface area contributed by atoms with Crippen LogP contribution in [0.5, 0.6) is 0 Å². The standard InChI is InChI=1S/C10H16N2O4/c1-2-16-9(13)11(12(14)15)10-5-3-8(7-10)4-6-10/h8H,2-7H2,1H3. The molecular formula is C10H16N2O4. The highest BCUT2D eigenvalue weighted by Crippen LogP contribution is 2.51. The van der Waals surface area contributed by atoms with Crippen LogP contribution in [0.1, 0.15) is 39.0 Å². The van der Waals surface area contributed by atoms with Gasteiger partial charge in [-0.05, 0) is 50.0 Å². The molecule has 0 aromatic carbocycles. The van der Waals surface area contributed by atoms with E-state index in [2.05, 4.69) is 0 Å². The minimum Gasteiger partial charge on any atom is -0.446 e. The number of hydrazine groups is 1. The van der Waals surface area contributed by atoms with Crippen LogP contribution in [0.2, 0.25) is 0 Å². The van der Waals surface area contributed by atoms with E-state index in [1.54, 1.807) is 6.92 Å². The molecule has 0 unspecified atom stereocenters. The Kier molecular flexibility index (Phi) is 2.73. The van der Waals surface area contributed by atoms with E-state index in [0.29, 0.717) is 5.92 Å². The number of rotatable bonds is 3. The van der Waals surface area contributed by atoms with Crippen molar-refractivity contribution in [3.05, 3.63) is 10.1 Å². The molecule has 6 nitrogen and oxygen atoms in total. The molecule has 0 atom stereocenters. The van der Waals surface area contributed by atoms with Crippen molar-refractivity contribution in [1.29, 1.82) is 0 Å². The second-order valence-corrected chi connectivity index (χ2v) is 4.62. The van der Waals surface area contributed by atoms with E-state index in [-0.39, 0.29) is 6.61 Å². The topological polar surface area (TPSA) is 72.7 Å². The van der Waals surface area contributed by atoms with Gasteiger partial charge >= 0.3 is 6.09 Å². The number of hydrogen-bond donors (Lipinski definition) is 0. The molecule has 2 fully saturated rings. The Morgan fingerprint density at radius 3 is 2.56 bits per heavy atom. The summed E-state index contributed by atoms with van der Waals surface area (Å²) in [6.07, 6.45) is 3.39. The number of carbonyl (C=O) groups excluding carboxylic acids is 1. The fraction of sp³-hybridized carbons (Fsp3) is 0.900. The van der Waals surface area contributed by atoms with Gasteiger partial charge in [0.1, 0.15) is 5.54 Å². The van der Waals surface area contributed by atoms with E-state index in [0.717, 1.165) is 37.1 Å². The zero-order valence-electron chi connectivity index (χ0n) is 9.35. The Balaban J connectivity index is 2.19. The molecule has 0 N–H and O–H groups in total. The summed E-state index contributed by atoms with van der Waals surface area (Å²) in [5, 5.41) is 11.2. The van der Waals surface area contributed by atoms with Crippen molar-refractivity contribution >= 4 is 6.09 Å². The van der Waals surface area contributed by atoms with Crippen LogP contribution in [-0.2, 0) is 4.74 Å². The summed E-state index contributed by atoms with van der Waals surface area (Å²) in [4.78, 5) is 22.6. The lowest BCUT2D eigenvalue weighted by molar-refractivity contribution is -0.654. The first-order valence-corrected chi connectivity index (χ1v) is 5.70. The Hall–Kier alpha value is -1.33. The van der Waals surface area contributed by atoms with Gasteiger partial charge in [0.05, 0.1) is 6.61 Å². The first kappa shape index (κ1) is 11.2. The Morgan fingerprint density at radius 2 is 2.19 bits per heavy atom. The highest BCUT2D eigenvalue weighted by Gasteiger charge is 2.57. The molecule has 0 aliphatic heterocycles. The maximum Gasteiger partial charge on any atom is 0.468 e. The number of ether oxygens (including phenoxy) is 1. The molecule has 2 aliphatic rings. The third kappa shape index (κ3) is 1.62. The third-order valence-corrected chi connectivity index (χ3v) is 3.76. The number of fused-ring (bicyclic) bond motifs is 2. The monoisotopic (exact) mass is 228 g/mol. The molecule has 2 saturated carbocycles. The Morgan fingerprint density at radius 1 is 1.56 bits per heavy atom.